The number of aryl methyl sites for hydroxylation is 1. The minimum Gasteiger partial charge on any atom is -0.481 e. The zero-order valence-corrected chi connectivity index (χ0v) is 12.6. The maximum absolute atomic E-state index is 11.0. The molecule has 0 spiro atoms. The molecule has 1 saturated heterocycles. The Labute approximate surface area is 128 Å². The Morgan fingerprint density at radius 2 is 2.24 bits per heavy atom. The maximum Gasteiger partial charge on any atom is 0.307 e. The van der Waals surface area contributed by atoms with Crippen molar-refractivity contribution in [1.29, 1.82) is 0 Å². The molecule has 4 nitrogen and oxygen atoms in total. The van der Waals surface area contributed by atoms with E-state index in [2.05, 4.69) is 9.88 Å². The lowest BCUT2D eigenvalue weighted by Crippen LogP contribution is -2.23. The summed E-state index contributed by atoms with van der Waals surface area (Å²) < 4.78 is 0. The fraction of sp³-hybridized carbons (Fsp3) is 0.375. The molecule has 21 heavy (non-hydrogen) atoms. The second-order valence-corrected chi connectivity index (χ2v) is 5.95. The highest BCUT2D eigenvalue weighted by Crippen LogP contribution is 2.29. The summed E-state index contributed by atoms with van der Waals surface area (Å²) in [7, 11) is 0. The van der Waals surface area contributed by atoms with Gasteiger partial charge in [0.05, 0.1) is 22.2 Å². The standard InChI is InChI=1S/C16H17ClN2O2/c1-10-12-4-2-3-5-13(12)18-14(15(10)17)9-19-7-6-11(8-19)16(20)21/h2-5,11H,6-9H2,1H3,(H,20,21)/t11-/m0/s1. The minimum atomic E-state index is -0.716. The van der Waals surface area contributed by atoms with Crippen molar-refractivity contribution >= 4 is 28.5 Å². The summed E-state index contributed by atoms with van der Waals surface area (Å²) in [5.41, 5.74) is 2.80. The van der Waals surface area contributed by atoms with E-state index in [1.165, 1.54) is 0 Å². The summed E-state index contributed by atoms with van der Waals surface area (Å²) in [6.07, 6.45) is 0.694. The number of aromatic nitrogens is 1. The molecule has 1 aromatic heterocycles. The molecular weight excluding hydrogens is 288 g/mol. The summed E-state index contributed by atoms with van der Waals surface area (Å²) in [5, 5.41) is 10.8. The number of pyridine rings is 1. The third-order valence-corrected chi connectivity index (χ3v) is 4.64. The molecule has 0 amide bonds. The number of rotatable bonds is 3. The molecule has 1 fully saturated rings. The van der Waals surface area contributed by atoms with E-state index in [0.29, 0.717) is 24.5 Å². The molecule has 2 aromatic rings. The number of carboxylic acids is 1. The molecule has 0 bridgehead atoms. The molecule has 2 heterocycles. The van der Waals surface area contributed by atoms with Crippen molar-refractivity contribution < 1.29 is 9.90 Å². The van der Waals surface area contributed by atoms with Crippen molar-refractivity contribution in [2.75, 3.05) is 13.1 Å². The van der Waals surface area contributed by atoms with Crippen LogP contribution in [0.15, 0.2) is 24.3 Å². The summed E-state index contributed by atoms with van der Waals surface area (Å²) >= 11 is 6.44. The number of hydrogen-bond acceptors (Lipinski definition) is 3. The summed E-state index contributed by atoms with van der Waals surface area (Å²) in [6, 6.07) is 7.93. The predicted molar refractivity (Wildman–Crippen MR) is 82.5 cm³/mol. The van der Waals surface area contributed by atoms with Crippen LogP contribution in [0.5, 0.6) is 0 Å². The Morgan fingerprint density at radius 1 is 1.48 bits per heavy atom. The van der Waals surface area contributed by atoms with E-state index >= 15 is 0 Å². The lowest BCUT2D eigenvalue weighted by molar-refractivity contribution is -0.141. The lowest BCUT2D eigenvalue weighted by atomic mass is 10.1. The number of halogens is 1. The van der Waals surface area contributed by atoms with E-state index in [1.54, 1.807) is 0 Å². The van der Waals surface area contributed by atoms with E-state index in [4.69, 9.17) is 16.7 Å². The average molecular weight is 305 g/mol. The van der Waals surface area contributed by atoms with Crippen molar-refractivity contribution in [2.24, 2.45) is 5.92 Å². The van der Waals surface area contributed by atoms with Crippen molar-refractivity contribution in [3.05, 3.63) is 40.5 Å². The topological polar surface area (TPSA) is 53.4 Å². The summed E-state index contributed by atoms with van der Waals surface area (Å²) in [4.78, 5) is 17.8. The van der Waals surface area contributed by atoms with Crippen molar-refractivity contribution in [1.82, 2.24) is 9.88 Å². The number of hydrogen-bond donors (Lipinski definition) is 1. The first kappa shape index (κ1) is 14.3. The molecular formula is C16H17ClN2O2. The van der Waals surface area contributed by atoms with Gasteiger partial charge in [0.2, 0.25) is 0 Å². The van der Waals surface area contributed by atoms with Crippen LogP contribution in [0.2, 0.25) is 5.02 Å². The van der Waals surface area contributed by atoms with Crippen LogP contribution in [0.4, 0.5) is 0 Å². The first-order chi connectivity index (χ1) is 10.1. The van der Waals surface area contributed by atoms with Crippen LogP contribution in [-0.2, 0) is 11.3 Å². The van der Waals surface area contributed by atoms with Crippen molar-refractivity contribution in [2.45, 2.75) is 19.9 Å². The van der Waals surface area contributed by atoms with Crippen LogP contribution in [0, 0.1) is 12.8 Å². The zero-order chi connectivity index (χ0) is 15.0. The minimum absolute atomic E-state index is 0.273. The molecule has 5 heteroatoms. The summed E-state index contributed by atoms with van der Waals surface area (Å²) in [6.45, 7) is 3.95. The van der Waals surface area contributed by atoms with Gasteiger partial charge in [-0.05, 0) is 31.5 Å². The number of benzene rings is 1. The van der Waals surface area contributed by atoms with E-state index in [9.17, 15) is 4.79 Å². The molecule has 0 unspecified atom stereocenters. The Kier molecular flexibility index (Phi) is 3.83. The summed E-state index contributed by atoms with van der Waals surface area (Å²) in [5.74, 6) is -0.989. The lowest BCUT2D eigenvalue weighted by Gasteiger charge is -2.17. The fourth-order valence-electron chi connectivity index (χ4n) is 2.91. The van der Waals surface area contributed by atoms with E-state index < -0.39 is 5.97 Å². The third-order valence-electron chi connectivity index (χ3n) is 4.14. The average Bonchev–Trinajstić information content (AvgIpc) is 2.93. The Bertz CT molecular complexity index is 702. The largest absolute Gasteiger partial charge is 0.481 e. The van der Waals surface area contributed by atoms with Crippen LogP contribution in [0.3, 0.4) is 0 Å². The predicted octanol–water partition coefficient (Wildman–Crippen LogP) is 3.10. The Morgan fingerprint density at radius 3 is 2.95 bits per heavy atom. The number of carboxylic acid groups (broad SMARTS) is 1. The van der Waals surface area contributed by atoms with Gasteiger partial charge in [0.1, 0.15) is 0 Å². The molecule has 1 aromatic carbocycles. The van der Waals surface area contributed by atoms with Gasteiger partial charge in [0, 0.05) is 18.5 Å². The normalized spacial score (nSPS) is 19.2. The third kappa shape index (κ3) is 2.74. The molecule has 0 radical (unpaired) electrons. The van der Waals surface area contributed by atoms with Crippen molar-refractivity contribution in [3.8, 4) is 0 Å². The maximum atomic E-state index is 11.0. The van der Waals surface area contributed by atoms with Crippen LogP contribution in [0.25, 0.3) is 10.9 Å². The first-order valence-corrected chi connectivity index (χ1v) is 7.43. The smallest absolute Gasteiger partial charge is 0.307 e. The zero-order valence-electron chi connectivity index (χ0n) is 11.8. The van der Waals surface area contributed by atoms with Crippen LogP contribution in [-0.4, -0.2) is 34.0 Å². The van der Waals surface area contributed by atoms with Gasteiger partial charge in [0.25, 0.3) is 0 Å². The monoisotopic (exact) mass is 304 g/mol. The van der Waals surface area contributed by atoms with Gasteiger partial charge in [-0.2, -0.15) is 0 Å². The molecule has 0 saturated carbocycles. The number of aliphatic carboxylic acids is 1. The molecule has 110 valence electrons. The Balaban J connectivity index is 1.88. The number of fused-ring (bicyclic) bond motifs is 1. The van der Waals surface area contributed by atoms with Gasteiger partial charge in [0.15, 0.2) is 0 Å². The highest BCUT2D eigenvalue weighted by Gasteiger charge is 2.28. The second kappa shape index (κ2) is 5.62. The fourth-order valence-corrected chi connectivity index (χ4v) is 3.12. The number of likely N-dealkylation sites (tertiary alicyclic amines) is 1. The van der Waals surface area contributed by atoms with Gasteiger partial charge in [-0.1, -0.05) is 29.8 Å². The quantitative estimate of drug-likeness (QED) is 0.946. The van der Waals surface area contributed by atoms with Gasteiger partial charge >= 0.3 is 5.97 Å². The number of carbonyl (C=O) groups is 1. The van der Waals surface area contributed by atoms with Gasteiger partial charge in [-0.25, -0.2) is 4.98 Å². The van der Waals surface area contributed by atoms with Crippen LogP contribution in [0.1, 0.15) is 17.7 Å². The number of para-hydroxylation sites is 1. The van der Waals surface area contributed by atoms with Gasteiger partial charge in [-0.3, -0.25) is 9.69 Å². The SMILES string of the molecule is Cc1c(Cl)c(CN2CC[C@H](C(=O)O)C2)nc2ccccc12. The first-order valence-electron chi connectivity index (χ1n) is 7.05. The second-order valence-electron chi connectivity index (χ2n) is 5.57. The highest BCUT2D eigenvalue weighted by atomic mass is 35.5. The molecule has 3 rings (SSSR count). The Hall–Kier alpha value is -1.65. The van der Waals surface area contributed by atoms with E-state index in [1.807, 2.05) is 31.2 Å². The molecule has 1 aliphatic heterocycles. The van der Waals surface area contributed by atoms with E-state index in [-0.39, 0.29) is 5.92 Å². The highest BCUT2D eigenvalue weighted by molar-refractivity contribution is 6.32. The number of nitrogens with zero attached hydrogens (tertiary/aromatic N) is 2. The van der Waals surface area contributed by atoms with Crippen LogP contribution >= 0.6 is 11.6 Å². The van der Waals surface area contributed by atoms with E-state index in [0.717, 1.165) is 28.7 Å². The van der Waals surface area contributed by atoms with Gasteiger partial charge in [-0.15, -0.1) is 0 Å². The molecule has 1 atom stereocenters. The molecule has 1 aliphatic rings. The van der Waals surface area contributed by atoms with Crippen LogP contribution < -0.4 is 0 Å². The van der Waals surface area contributed by atoms with Crippen molar-refractivity contribution in [3.63, 3.8) is 0 Å². The molecule has 1 N–H and O–H groups in total. The van der Waals surface area contributed by atoms with Gasteiger partial charge < -0.3 is 5.11 Å². The molecule has 0 aliphatic carbocycles.